The van der Waals surface area contributed by atoms with Crippen molar-refractivity contribution >= 4 is 22.6 Å². The number of benzene rings is 1. The van der Waals surface area contributed by atoms with Crippen LogP contribution in [0.25, 0.3) is 11.0 Å². The number of imidazole rings is 1. The maximum Gasteiger partial charge on any atom is 0.228 e. The highest BCUT2D eigenvalue weighted by Crippen LogP contribution is 2.15. The van der Waals surface area contributed by atoms with Gasteiger partial charge in [0.25, 0.3) is 0 Å². The van der Waals surface area contributed by atoms with Crippen LogP contribution in [-0.4, -0.2) is 20.9 Å². The number of amides is 1. The quantitative estimate of drug-likeness (QED) is 0.777. The summed E-state index contributed by atoms with van der Waals surface area (Å²) >= 11 is 0. The Bertz CT molecular complexity index is 822. The minimum Gasteiger partial charge on any atom is -0.342 e. The Balaban J connectivity index is 1.73. The minimum atomic E-state index is -0.0415. The van der Waals surface area contributed by atoms with E-state index in [1.807, 2.05) is 31.2 Å². The summed E-state index contributed by atoms with van der Waals surface area (Å²) in [5.41, 5.74) is 4.52. The normalized spacial score (nSPS) is 10.8. The average molecular weight is 294 g/mol. The number of aryl methyl sites for hydroxylation is 2. The minimum absolute atomic E-state index is 0.0415. The van der Waals surface area contributed by atoms with Crippen LogP contribution in [0.4, 0.5) is 5.69 Å². The van der Waals surface area contributed by atoms with Crippen molar-refractivity contribution in [3.8, 4) is 0 Å². The monoisotopic (exact) mass is 294 g/mol. The molecule has 0 atom stereocenters. The molecule has 0 bridgehead atoms. The smallest absolute Gasteiger partial charge is 0.228 e. The molecule has 0 fully saturated rings. The van der Waals surface area contributed by atoms with Gasteiger partial charge in [-0.2, -0.15) is 0 Å². The molecule has 0 aliphatic carbocycles. The Morgan fingerprint density at radius 1 is 1.27 bits per heavy atom. The molecule has 22 heavy (non-hydrogen) atoms. The van der Waals surface area contributed by atoms with Crippen LogP contribution in [0.2, 0.25) is 0 Å². The van der Waals surface area contributed by atoms with Gasteiger partial charge >= 0.3 is 0 Å². The summed E-state index contributed by atoms with van der Waals surface area (Å²) in [5.74, 6) is 0.920. The SMILES string of the molecule is CCc1nc2ccc(CC(=O)Nc3ccnc(C)c3)cc2[nH]1. The van der Waals surface area contributed by atoms with E-state index in [0.717, 1.165) is 40.2 Å². The Hall–Kier alpha value is -2.69. The summed E-state index contributed by atoms with van der Waals surface area (Å²) in [5, 5.41) is 2.89. The zero-order chi connectivity index (χ0) is 15.5. The van der Waals surface area contributed by atoms with Gasteiger partial charge in [0.1, 0.15) is 5.82 Å². The molecule has 0 saturated carbocycles. The van der Waals surface area contributed by atoms with E-state index in [4.69, 9.17) is 0 Å². The first-order valence-corrected chi connectivity index (χ1v) is 7.34. The third-order valence-electron chi connectivity index (χ3n) is 3.48. The van der Waals surface area contributed by atoms with E-state index in [2.05, 4.69) is 27.2 Å². The van der Waals surface area contributed by atoms with Crippen molar-refractivity contribution in [3.05, 3.63) is 53.6 Å². The highest BCUT2D eigenvalue weighted by molar-refractivity contribution is 5.92. The highest BCUT2D eigenvalue weighted by Gasteiger charge is 2.07. The van der Waals surface area contributed by atoms with Crippen molar-refractivity contribution in [2.24, 2.45) is 0 Å². The summed E-state index contributed by atoms with van der Waals surface area (Å²) in [6, 6.07) is 9.52. The number of hydrogen-bond acceptors (Lipinski definition) is 3. The number of nitrogens with zero attached hydrogens (tertiary/aromatic N) is 2. The number of fused-ring (bicyclic) bond motifs is 1. The number of carbonyl (C=O) groups is 1. The average Bonchev–Trinajstić information content (AvgIpc) is 2.89. The van der Waals surface area contributed by atoms with Crippen LogP contribution in [0, 0.1) is 6.92 Å². The molecular formula is C17H18N4O. The third-order valence-corrected chi connectivity index (χ3v) is 3.48. The van der Waals surface area contributed by atoms with Crippen LogP contribution >= 0.6 is 0 Å². The Kier molecular flexibility index (Phi) is 3.87. The topological polar surface area (TPSA) is 70.7 Å². The second-order valence-electron chi connectivity index (χ2n) is 5.30. The molecule has 5 heteroatoms. The third kappa shape index (κ3) is 3.14. The molecular weight excluding hydrogens is 276 g/mol. The van der Waals surface area contributed by atoms with Crippen molar-refractivity contribution in [3.63, 3.8) is 0 Å². The van der Waals surface area contributed by atoms with Gasteiger partial charge in [-0.05, 0) is 36.8 Å². The lowest BCUT2D eigenvalue weighted by Gasteiger charge is -2.05. The van der Waals surface area contributed by atoms with Crippen LogP contribution < -0.4 is 5.32 Å². The summed E-state index contributed by atoms with van der Waals surface area (Å²) in [7, 11) is 0. The number of H-pyrrole nitrogens is 1. The molecule has 1 aromatic carbocycles. The first kappa shape index (κ1) is 14.3. The van der Waals surface area contributed by atoms with Crippen molar-refractivity contribution in [2.75, 3.05) is 5.32 Å². The molecule has 0 aliphatic heterocycles. The molecule has 3 aromatic rings. The van der Waals surface area contributed by atoms with E-state index in [0.29, 0.717) is 6.42 Å². The van der Waals surface area contributed by atoms with Crippen LogP contribution in [0.1, 0.15) is 24.0 Å². The summed E-state index contributed by atoms with van der Waals surface area (Å²) < 4.78 is 0. The van der Waals surface area contributed by atoms with Gasteiger partial charge in [-0.3, -0.25) is 9.78 Å². The first-order valence-electron chi connectivity index (χ1n) is 7.34. The van der Waals surface area contributed by atoms with Gasteiger partial charge < -0.3 is 10.3 Å². The molecule has 0 aliphatic rings. The van der Waals surface area contributed by atoms with Gasteiger partial charge in [-0.1, -0.05) is 13.0 Å². The summed E-state index contributed by atoms with van der Waals surface area (Å²) in [6.07, 6.45) is 2.89. The number of rotatable bonds is 4. The number of pyridine rings is 1. The van der Waals surface area contributed by atoms with E-state index in [-0.39, 0.29) is 5.91 Å². The predicted octanol–water partition coefficient (Wildman–Crippen LogP) is 3.01. The van der Waals surface area contributed by atoms with E-state index >= 15 is 0 Å². The van der Waals surface area contributed by atoms with Crippen LogP contribution in [0.15, 0.2) is 36.5 Å². The number of hydrogen-bond donors (Lipinski definition) is 2. The molecule has 3 rings (SSSR count). The number of aromatic nitrogens is 3. The lowest BCUT2D eigenvalue weighted by molar-refractivity contribution is -0.115. The highest BCUT2D eigenvalue weighted by atomic mass is 16.1. The fourth-order valence-corrected chi connectivity index (χ4v) is 2.40. The van der Waals surface area contributed by atoms with Crippen LogP contribution in [0.3, 0.4) is 0 Å². The Morgan fingerprint density at radius 3 is 2.91 bits per heavy atom. The molecule has 0 saturated heterocycles. The molecule has 5 nitrogen and oxygen atoms in total. The van der Waals surface area contributed by atoms with E-state index in [1.165, 1.54) is 0 Å². The fourth-order valence-electron chi connectivity index (χ4n) is 2.40. The summed E-state index contributed by atoms with van der Waals surface area (Å²) in [6.45, 7) is 3.95. The van der Waals surface area contributed by atoms with Crippen molar-refractivity contribution in [2.45, 2.75) is 26.7 Å². The van der Waals surface area contributed by atoms with Gasteiger partial charge in [-0.25, -0.2) is 4.98 Å². The lowest BCUT2D eigenvalue weighted by Crippen LogP contribution is -2.14. The Labute approximate surface area is 128 Å². The second-order valence-corrected chi connectivity index (χ2v) is 5.30. The molecule has 0 unspecified atom stereocenters. The zero-order valence-electron chi connectivity index (χ0n) is 12.7. The first-order chi connectivity index (χ1) is 10.6. The van der Waals surface area contributed by atoms with Gasteiger partial charge in [-0.15, -0.1) is 0 Å². The second kappa shape index (κ2) is 5.97. The molecule has 112 valence electrons. The van der Waals surface area contributed by atoms with Gasteiger partial charge in [0, 0.05) is 24.0 Å². The van der Waals surface area contributed by atoms with Crippen molar-refractivity contribution in [1.29, 1.82) is 0 Å². The van der Waals surface area contributed by atoms with Crippen LogP contribution in [0.5, 0.6) is 0 Å². The zero-order valence-corrected chi connectivity index (χ0v) is 12.7. The molecule has 2 aromatic heterocycles. The molecule has 2 N–H and O–H groups in total. The number of aromatic amines is 1. The van der Waals surface area contributed by atoms with Gasteiger partial charge in [0.2, 0.25) is 5.91 Å². The predicted molar refractivity (Wildman–Crippen MR) is 86.8 cm³/mol. The number of anilines is 1. The molecule has 0 radical (unpaired) electrons. The van der Waals surface area contributed by atoms with E-state index in [9.17, 15) is 4.79 Å². The largest absolute Gasteiger partial charge is 0.342 e. The molecule has 0 spiro atoms. The van der Waals surface area contributed by atoms with E-state index in [1.54, 1.807) is 12.3 Å². The maximum absolute atomic E-state index is 12.1. The lowest BCUT2D eigenvalue weighted by atomic mass is 10.1. The van der Waals surface area contributed by atoms with Crippen molar-refractivity contribution < 1.29 is 4.79 Å². The molecule has 2 heterocycles. The maximum atomic E-state index is 12.1. The number of carbonyl (C=O) groups excluding carboxylic acids is 1. The fraction of sp³-hybridized carbons (Fsp3) is 0.235. The molecule has 1 amide bonds. The summed E-state index contributed by atoms with van der Waals surface area (Å²) in [4.78, 5) is 24.0. The van der Waals surface area contributed by atoms with E-state index < -0.39 is 0 Å². The van der Waals surface area contributed by atoms with Gasteiger partial charge in [0.15, 0.2) is 0 Å². The van der Waals surface area contributed by atoms with Crippen LogP contribution in [-0.2, 0) is 17.6 Å². The van der Waals surface area contributed by atoms with Crippen molar-refractivity contribution in [1.82, 2.24) is 15.0 Å². The van der Waals surface area contributed by atoms with Gasteiger partial charge in [0.05, 0.1) is 17.5 Å². The Morgan fingerprint density at radius 2 is 2.14 bits per heavy atom. The number of nitrogens with one attached hydrogen (secondary N) is 2. The standard InChI is InChI=1S/C17H18N4O/c1-3-16-20-14-5-4-12(9-15(14)21-16)10-17(22)19-13-6-7-18-11(2)8-13/h4-9H,3,10H2,1-2H3,(H,20,21)(H,18,19,22).